The fourth-order valence-corrected chi connectivity index (χ4v) is 7.51. The van der Waals surface area contributed by atoms with Crippen molar-refractivity contribution in [3.05, 3.63) is 45.3 Å². The molecule has 1 aliphatic heterocycles. The number of benzene rings is 1. The van der Waals surface area contributed by atoms with E-state index in [4.69, 9.17) is 21.1 Å². The normalized spacial score (nSPS) is 24.2. The van der Waals surface area contributed by atoms with Gasteiger partial charge in [0.05, 0.1) is 19.2 Å². The highest BCUT2D eigenvalue weighted by atomic mass is 35.5. The van der Waals surface area contributed by atoms with Crippen LogP contribution in [0, 0.1) is 10.8 Å². The van der Waals surface area contributed by atoms with E-state index >= 15 is 0 Å². The van der Waals surface area contributed by atoms with Crippen molar-refractivity contribution in [3.8, 4) is 11.5 Å². The second-order valence-electron chi connectivity index (χ2n) is 12.9. The van der Waals surface area contributed by atoms with Gasteiger partial charge in [-0.2, -0.15) is 0 Å². The number of hydrogen-bond acceptors (Lipinski definition) is 5. The van der Waals surface area contributed by atoms with Gasteiger partial charge in [0.25, 0.3) is 0 Å². The van der Waals surface area contributed by atoms with Gasteiger partial charge in [-0.1, -0.05) is 58.6 Å². The zero-order chi connectivity index (χ0) is 26.7. The van der Waals surface area contributed by atoms with Gasteiger partial charge in [-0.3, -0.25) is 9.59 Å². The minimum Gasteiger partial charge on any atom is -0.493 e. The third kappa shape index (κ3) is 4.62. The van der Waals surface area contributed by atoms with Gasteiger partial charge in [-0.15, -0.1) is 0 Å². The molecule has 5 nitrogen and oxygen atoms in total. The smallest absolute Gasteiger partial charge is 0.179 e. The molecule has 0 amide bonds. The van der Waals surface area contributed by atoms with Crippen molar-refractivity contribution in [1.82, 2.24) is 4.90 Å². The van der Waals surface area contributed by atoms with Crippen molar-refractivity contribution >= 4 is 23.2 Å². The van der Waals surface area contributed by atoms with Crippen LogP contribution >= 0.6 is 11.6 Å². The van der Waals surface area contributed by atoms with E-state index in [-0.39, 0.29) is 22.4 Å². The van der Waals surface area contributed by atoms with E-state index in [1.807, 2.05) is 12.1 Å². The third-order valence-corrected chi connectivity index (χ3v) is 8.96. The van der Waals surface area contributed by atoms with Gasteiger partial charge in [0, 0.05) is 47.3 Å². The lowest BCUT2D eigenvalue weighted by Crippen LogP contribution is -2.48. The number of ketones is 2. The van der Waals surface area contributed by atoms with Crippen molar-refractivity contribution in [2.45, 2.75) is 97.4 Å². The maximum Gasteiger partial charge on any atom is 0.179 e. The molecule has 37 heavy (non-hydrogen) atoms. The summed E-state index contributed by atoms with van der Waals surface area (Å²) in [5.41, 5.74) is 4.41. The molecule has 1 heterocycles. The first-order valence-corrected chi connectivity index (χ1v) is 14.1. The van der Waals surface area contributed by atoms with Crippen LogP contribution in [0.5, 0.6) is 11.5 Å². The first-order chi connectivity index (χ1) is 17.5. The number of allylic oxidation sites excluding steroid dienone is 4. The van der Waals surface area contributed by atoms with Gasteiger partial charge < -0.3 is 14.4 Å². The number of carbonyl (C=O) groups excluding carboxylic acids is 2. The van der Waals surface area contributed by atoms with Crippen LogP contribution < -0.4 is 9.47 Å². The maximum absolute atomic E-state index is 14.0. The lowest BCUT2D eigenvalue weighted by Gasteiger charge is -2.52. The standard InChI is InChI=1S/C31H40ClNO4/c1-30(2)14-21-27(23(34)16-30)26(18-12-20(32)29(37-6)25(13-18)36-5)28-22(15-31(3,4)17-24(28)35)33(21)19-10-8-7-9-11-19/h12-13,19,26H,7-11,14-17H2,1-6H3. The van der Waals surface area contributed by atoms with Crippen molar-refractivity contribution in [1.29, 1.82) is 0 Å². The topological polar surface area (TPSA) is 55.8 Å². The molecule has 0 aromatic heterocycles. The van der Waals surface area contributed by atoms with E-state index in [1.54, 1.807) is 14.2 Å². The molecule has 0 unspecified atom stereocenters. The van der Waals surface area contributed by atoms with E-state index in [9.17, 15) is 9.59 Å². The number of ether oxygens (including phenoxy) is 2. The second-order valence-corrected chi connectivity index (χ2v) is 13.3. The minimum atomic E-state index is -0.436. The Balaban J connectivity index is 1.79. The highest BCUT2D eigenvalue weighted by molar-refractivity contribution is 6.32. The van der Waals surface area contributed by atoms with Crippen LogP contribution in [0.1, 0.15) is 97.0 Å². The molecule has 0 N–H and O–H groups in total. The Labute approximate surface area is 226 Å². The molecule has 200 valence electrons. The van der Waals surface area contributed by atoms with Gasteiger partial charge in [0.15, 0.2) is 23.1 Å². The van der Waals surface area contributed by atoms with E-state index in [2.05, 4.69) is 32.6 Å². The summed E-state index contributed by atoms with van der Waals surface area (Å²) in [4.78, 5) is 30.5. The van der Waals surface area contributed by atoms with Crippen molar-refractivity contribution in [2.24, 2.45) is 10.8 Å². The van der Waals surface area contributed by atoms with Gasteiger partial charge in [-0.25, -0.2) is 0 Å². The summed E-state index contributed by atoms with van der Waals surface area (Å²) in [6, 6.07) is 4.10. The molecular formula is C31H40ClNO4. The summed E-state index contributed by atoms with van der Waals surface area (Å²) >= 11 is 6.68. The fourth-order valence-electron chi connectivity index (χ4n) is 7.21. The number of carbonyl (C=O) groups is 2. The Bertz CT molecular complexity index is 1150. The van der Waals surface area contributed by atoms with Crippen LogP contribution in [0.3, 0.4) is 0 Å². The van der Waals surface area contributed by atoms with Gasteiger partial charge >= 0.3 is 0 Å². The molecule has 0 radical (unpaired) electrons. The third-order valence-electron chi connectivity index (χ3n) is 8.68. The predicted molar refractivity (Wildman–Crippen MR) is 146 cm³/mol. The number of hydrogen-bond donors (Lipinski definition) is 0. The molecule has 0 atom stereocenters. The van der Waals surface area contributed by atoms with E-state index in [0.717, 1.165) is 53.8 Å². The lowest BCUT2D eigenvalue weighted by molar-refractivity contribution is -0.119. The zero-order valence-electron chi connectivity index (χ0n) is 23.1. The number of methoxy groups -OCH3 is 2. The first-order valence-electron chi connectivity index (χ1n) is 13.7. The average Bonchev–Trinajstić information content (AvgIpc) is 2.81. The Hall–Kier alpha value is -2.27. The molecule has 1 saturated carbocycles. The summed E-state index contributed by atoms with van der Waals surface area (Å²) in [5.74, 6) is 0.827. The van der Waals surface area contributed by atoms with E-state index in [0.29, 0.717) is 35.4 Å². The van der Waals surface area contributed by atoms with Crippen LogP contribution in [0.2, 0.25) is 5.02 Å². The van der Waals surface area contributed by atoms with Gasteiger partial charge in [-0.05, 0) is 54.2 Å². The summed E-state index contributed by atoms with van der Waals surface area (Å²) < 4.78 is 11.1. The second kappa shape index (κ2) is 9.48. The summed E-state index contributed by atoms with van der Waals surface area (Å²) in [7, 11) is 3.15. The zero-order valence-corrected chi connectivity index (χ0v) is 23.9. The molecular weight excluding hydrogens is 486 g/mol. The molecule has 3 aliphatic carbocycles. The van der Waals surface area contributed by atoms with Crippen LogP contribution in [0.15, 0.2) is 34.7 Å². The van der Waals surface area contributed by atoms with Crippen molar-refractivity contribution < 1.29 is 19.1 Å². The summed E-state index contributed by atoms with van der Waals surface area (Å²) in [6.07, 6.45) is 8.44. The highest BCUT2D eigenvalue weighted by Crippen LogP contribution is 2.56. The Kier molecular flexibility index (Phi) is 6.75. The largest absolute Gasteiger partial charge is 0.493 e. The monoisotopic (exact) mass is 525 g/mol. The molecule has 6 heteroatoms. The molecule has 5 rings (SSSR count). The van der Waals surface area contributed by atoms with Crippen molar-refractivity contribution in [2.75, 3.05) is 14.2 Å². The van der Waals surface area contributed by atoms with Gasteiger partial charge in [0.1, 0.15) is 0 Å². The number of nitrogens with zero attached hydrogens (tertiary/aromatic N) is 1. The molecule has 1 aromatic carbocycles. The van der Waals surface area contributed by atoms with Crippen LogP contribution in [-0.2, 0) is 9.59 Å². The number of halogens is 1. The SMILES string of the molecule is COc1cc(C2C3=C(CC(C)(C)CC3=O)N(C3CCCCC3)C3=C2C(=O)CC(C)(C)C3)cc(Cl)c1OC. The fraction of sp³-hybridized carbons (Fsp3) is 0.613. The molecule has 0 spiro atoms. The Morgan fingerprint density at radius 3 is 1.84 bits per heavy atom. The molecule has 4 aliphatic rings. The first kappa shape index (κ1) is 26.3. The number of rotatable bonds is 4. The average molecular weight is 526 g/mol. The highest BCUT2D eigenvalue weighted by Gasteiger charge is 2.50. The summed E-state index contributed by atoms with van der Waals surface area (Å²) in [5, 5.41) is 0.419. The van der Waals surface area contributed by atoms with Crippen LogP contribution in [0.4, 0.5) is 0 Å². The molecule has 0 bridgehead atoms. The van der Waals surface area contributed by atoms with Gasteiger partial charge in [0.2, 0.25) is 0 Å². The predicted octanol–water partition coefficient (Wildman–Crippen LogP) is 7.38. The van der Waals surface area contributed by atoms with Crippen LogP contribution in [0.25, 0.3) is 0 Å². The molecule has 1 fully saturated rings. The molecule has 0 saturated heterocycles. The Morgan fingerprint density at radius 1 is 0.811 bits per heavy atom. The number of Topliss-reactive ketones (excluding diaryl/α,β-unsaturated/α-hetero) is 2. The maximum atomic E-state index is 14.0. The van der Waals surface area contributed by atoms with E-state index < -0.39 is 5.92 Å². The van der Waals surface area contributed by atoms with Crippen molar-refractivity contribution in [3.63, 3.8) is 0 Å². The molecule has 1 aromatic rings. The summed E-state index contributed by atoms with van der Waals surface area (Å²) in [6.45, 7) is 8.76. The Morgan fingerprint density at radius 2 is 1.35 bits per heavy atom. The van der Waals surface area contributed by atoms with Crippen LogP contribution in [-0.4, -0.2) is 36.7 Å². The lowest BCUT2D eigenvalue weighted by atomic mass is 9.63. The minimum absolute atomic E-state index is 0.130. The quantitative estimate of drug-likeness (QED) is 0.410. The van der Waals surface area contributed by atoms with E-state index in [1.165, 1.54) is 19.3 Å².